The summed E-state index contributed by atoms with van der Waals surface area (Å²) >= 11 is 0. The number of carboxylic acids is 1. The van der Waals surface area contributed by atoms with Crippen LogP contribution in [0.4, 0.5) is 13.2 Å². The summed E-state index contributed by atoms with van der Waals surface area (Å²) in [6.07, 6.45) is -2.97. The van der Waals surface area contributed by atoms with Crippen molar-refractivity contribution in [3.05, 3.63) is 0 Å². The molecule has 0 aromatic rings. The summed E-state index contributed by atoms with van der Waals surface area (Å²) in [4.78, 5) is 11.2. The molecule has 76 valence electrons. The van der Waals surface area contributed by atoms with Gasteiger partial charge in [-0.2, -0.15) is 13.2 Å². The van der Waals surface area contributed by atoms with E-state index in [0.717, 1.165) is 4.90 Å². The van der Waals surface area contributed by atoms with Crippen LogP contribution in [0.2, 0.25) is 0 Å². The van der Waals surface area contributed by atoms with Crippen molar-refractivity contribution < 1.29 is 23.1 Å². The van der Waals surface area contributed by atoms with Gasteiger partial charge in [0, 0.05) is 6.04 Å². The molecule has 1 saturated carbocycles. The molecule has 13 heavy (non-hydrogen) atoms. The summed E-state index contributed by atoms with van der Waals surface area (Å²) in [5.74, 6) is -1.21. The van der Waals surface area contributed by atoms with Gasteiger partial charge in [-0.15, -0.1) is 0 Å². The van der Waals surface area contributed by atoms with Gasteiger partial charge in [0.2, 0.25) is 0 Å². The van der Waals surface area contributed by atoms with Gasteiger partial charge in [-0.1, -0.05) is 0 Å². The minimum atomic E-state index is -4.31. The van der Waals surface area contributed by atoms with Crippen LogP contribution in [-0.4, -0.2) is 41.3 Å². The number of halogens is 3. The summed E-state index contributed by atoms with van der Waals surface area (Å²) in [7, 11) is 0. The van der Waals surface area contributed by atoms with Gasteiger partial charge in [0.05, 0.1) is 13.1 Å². The van der Waals surface area contributed by atoms with Crippen LogP contribution in [0, 0.1) is 0 Å². The number of aliphatic carboxylic acids is 1. The molecular formula is C7H10F3NO2. The number of hydrogen-bond donors (Lipinski definition) is 1. The van der Waals surface area contributed by atoms with Crippen LogP contribution in [0.3, 0.4) is 0 Å². The second-order valence-electron chi connectivity index (χ2n) is 3.15. The molecule has 1 aliphatic rings. The number of carboxylic acid groups (broad SMARTS) is 1. The van der Waals surface area contributed by atoms with Crippen molar-refractivity contribution >= 4 is 5.97 Å². The highest BCUT2D eigenvalue weighted by molar-refractivity contribution is 5.69. The average molecular weight is 197 g/mol. The molecular weight excluding hydrogens is 187 g/mol. The molecule has 6 heteroatoms. The first-order valence-corrected chi connectivity index (χ1v) is 3.91. The molecule has 0 bridgehead atoms. The van der Waals surface area contributed by atoms with Crippen LogP contribution in [-0.2, 0) is 4.79 Å². The Bertz CT molecular complexity index is 200. The molecule has 0 aromatic heterocycles. The van der Waals surface area contributed by atoms with Gasteiger partial charge in [-0.25, -0.2) is 0 Å². The first-order valence-electron chi connectivity index (χ1n) is 3.91. The number of hydrogen-bond acceptors (Lipinski definition) is 2. The van der Waals surface area contributed by atoms with E-state index in [9.17, 15) is 18.0 Å². The van der Waals surface area contributed by atoms with E-state index in [1.54, 1.807) is 0 Å². The lowest BCUT2D eigenvalue weighted by molar-refractivity contribution is -0.154. The van der Waals surface area contributed by atoms with Crippen molar-refractivity contribution in [2.45, 2.75) is 25.1 Å². The summed E-state index contributed by atoms with van der Waals surface area (Å²) in [6, 6.07) is -0.183. The monoisotopic (exact) mass is 197 g/mol. The predicted octanol–water partition coefficient (Wildman–Crippen LogP) is 1.10. The molecule has 1 N–H and O–H groups in total. The lowest BCUT2D eigenvalue weighted by atomic mass is 10.4. The minimum Gasteiger partial charge on any atom is -0.480 e. The third-order valence-electron chi connectivity index (χ3n) is 1.78. The van der Waals surface area contributed by atoms with Gasteiger partial charge in [0.25, 0.3) is 0 Å². The van der Waals surface area contributed by atoms with Crippen LogP contribution in [0.1, 0.15) is 12.8 Å². The highest BCUT2D eigenvalue weighted by Gasteiger charge is 2.38. The van der Waals surface area contributed by atoms with Crippen LogP contribution in [0.25, 0.3) is 0 Å². The standard InChI is InChI=1S/C7H10F3NO2/c8-7(9,10)4-11(3-6(12)13)5-1-2-5/h5H,1-4H2,(H,12,13). The first-order chi connectivity index (χ1) is 5.88. The van der Waals surface area contributed by atoms with Gasteiger partial charge in [0.1, 0.15) is 0 Å². The fraction of sp³-hybridized carbons (Fsp3) is 0.857. The second kappa shape index (κ2) is 3.53. The van der Waals surface area contributed by atoms with E-state index >= 15 is 0 Å². The highest BCUT2D eigenvalue weighted by atomic mass is 19.4. The van der Waals surface area contributed by atoms with E-state index in [2.05, 4.69) is 0 Å². The molecule has 0 radical (unpaired) electrons. The zero-order valence-corrected chi connectivity index (χ0v) is 6.84. The molecule has 0 aromatic carbocycles. The van der Waals surface area contributed by atoms with E-state index in [0.29, 0.717) is 12.8 Å². The van der Waals surface area contributed by atoms with Crippen LogP contribution >= 0.6 is 0 Å². The van der Waals surface area contributed by atoms with Crippen molar-refractivity contribution in [2.75, 3.05) is 13.1 Å². The van der Waals surface area contributed by atoms with Crippen molar-refractivity contribution in [1.82, 2.24) is 4.90 Å². The maximum atomic E-state index is 11.9. The number of rotatable bonds is 4. The lowest BCUT2D eigenvalue weighted by Gasteiger charge is -2.20. The highest BCUT2D eigenvalue weighted by Crippen LogP contribution is 2.29. The third kappa shape index (κ3) is 4.12. The molecule has 0 unspecified atom stereocenters. The fourth-order valence-electron chi connectivity index (χ4n) is 1.16. The Morgan fingerprint density at radius 2 is 2.00 bits per heavy atom. The summed E-state index contributed by atoms with van der Waals surface area (Å²) in [5, 5.41) is 8.35. The summed E-state index contributed by atoms with van der Waals surface area (Å²) in [6.45, 7) is -1.64. The van der Waals surface area contributed by atoms with Crippen LogP contribution < -0.4 is 0 Å². The maximum Gasteiger partial charge on any atom is 0.401 e. The number of nitrogens with zero attached hydrogens (tertiary/aromatic N) is 1. The van der Waals surface area contributed by atoms with E-state index in [1.165, 1.54) is 0 Å². The minimum absolute atomic E-state index is 0.183. The van der Waals surface area contributed by atoms with Gasteiger partial charge in [-0.05, 0) is 12.8 Å². The van der Waals surface area contributed by atoms with Crippen molar-refractivity contribution in [3.8, 4) is 0 Å². The van der Waals surface area contributed by atoms with Crippen LogP contribution in [0.5, 0.6) is 0 Å². The van der Waals surface area contributed by atoms with E-state index in [1.807, 2.05) is 0 Å². The smallest absolute Gasteiger partial charge is 0.401 e. The molecule has 1 aliphatic carbocycles. The fourth-order valence-corrected chi connectivity index (χ4v) is 1.16. The summed E-state index contributed by atoms with van der Waals surface area (Å²) < 4.78 is 35.7. The Morgan fingerprint density at radius 1 is 1.46 bits per heavy atom. The van der Waals surface area contributed by atoms with Crippen LogP contribution in [0.15, 0.2) is 0 Å². The summed E-state index contributed by atoms with van der Waals surface area (Å²) in [5.41, 5.74) is 0. The second-order valence-corrected chi connectivity index (χ2v) is 3.15. The van der Waals surface area contributed by atoms with Gasteiger partial charge in [-0.3, -0.25) is 9.69 Å². The molecule has 0 atom stereocenters. The van der Waals surface area contributed by atoms with Gasteiger partial charge >= 0.3 is 12.1 Å². The van der Waals surface area contributed by atoms with Gasteiger partial charge < -0.3 is 5.11 Å². The molecule has 0 amide bonds. The SMILES string of the molecule is O=C(O)CN(CC(F)(F)F)C1CC1. The Balaban J connectivity index is 2.42. The third-order valence-corrected chi connectivity index (χ3v) is 1.78. The van der Waals surface area contributed by atoms with Gasteiger partial charge in [0.15, 0.2) is 0 Å². The molecule has 0 saturated heterocycles. The predicted molar refractivity (Wildman–Crippen MR) is 38.3 cm³/mol. The Labute approximate surface area is 73.1 Å². The van der Waals surface area contributed by atoms with Crippen molar-refractivity contribution in [1.29, 1.82) is 0 Å². The molecule has 0 aliphatic heterocycles. The molecule has 1 fully saturated rings. The Morgan fingerprint density at radius 3 is 2.31 bits per heavy atom. The first kappa shape index (κ1) is 10.3. The normalized spacial score (nSPS) is 17.8. The molecule has 0 spiro atoms. The Hall–Kier alpha value is -0.780. The molecule has 0 heterocycles. The van der Waals surface area contributed by atoms with Crippen molar-refractivity contribution in [2.24, 2.45) is 0 Å². The molecule has 1 rings (SSSR count). The maximum absolute atomic E-state index is 11.9. The van der Waals surface area contributed by atoms with E-state index in [-0.39, 0.29) is 6.04 Å². The van der Waals surface area contributed by atoms with Crippen molar-refractivity contribution in [3.63, 3.8) is 0 Å². The number of carbonyl (C=O) groups is 1. The zero-order chi connectivity index (χ0) is 10.1. The topological polar surface area (TPSA) is 40.5 Å². The molecule has 3 nitrogen and oxygen atoms in total. The largest absolute Gasteiger partial charge is 0.480 e. The number of alkyl halides is 3. The lowest BCUT2D eigenvalue weighted by Crippen LogP contribution is -2.39. The quantitative estimate of drug-likeness (QED) is 0.733. The Kier molecular flexibility index (Phi) is 2.80. The van der Waals surface area contributed by atoms with E-state index < -0.39 is 25.2 Å². The average Bonchev–Trinajstić information content (AvgIpc) is 2.60. The zero-order valence-electron chi connectivity index (χ0n) is 6.84. The van der Waals surface area contributed by atoms with E-state index in [4.69, 9.17) is 5.11 Å².